The van der Waals surface area contributed by atoms with Crippen molar-refractivity contribution < 1.29 is 22.9 Å². The van der Waals surface area contributed by atoms with E-state index in [1.807, 2.05) is 0 Å². The second-order valence-corrected chi connectivity index (χ2v) is 7.46. The Hall–Kier alpha value is -1.93. The molecular weight excluding hydrogens is 306 g/mol. The first-order chi connectivity index (χ1) is 10.1. The van der Waals surface area contributed by atoms with Crippen LogP contribution < -0.4 is 10.2 Å². The van der Waals surface area contributed by atoms with Gasteiger partial charge in [0, 0.05) is 26.0 Å². The third-order valence-electron chi connectivity index (χ3n) is 2.96. The van der Waals surface area contributed by atoms with Gasteiger partial charge in [0.2, 0.25) is 0 Å². The van der Waals surface area contributed by atoms with Crippen molar-refractivity contribution in [3.8, 4) is 0 Å². The van der Waals surface area contributed by atoms with Crippen molar-refractivity contribution in [2.24, 2.45) is 0 Å². The summed E-state index contributed by atoms with van der Waals surface area (Å²) in [5, 5.41) is 2.64. The molecule has 0 saturated heterocycles. The van der Waals surface area contributed by atoms with Crippen LogP contribution in [0.4, 0.5) is 5.69 Å². The van der Waals surface area contributed by atoms with Gasteiger partial charge in [0.1, 0.15) is 0 Å². The molecule has 0 aliphatic heterocycles. The van der Waals surface area contributed by atoms with E-state index < -0.39 is 9.84 Å². The molecule has 1 unspecified atom stereocenters. The molecule has 2 N–H and O–H groups in total. The maximum atomic E-state index is 11.9. The zero-order valence-corrected chi connectivity index (χ0v) is 14.0. The van der Waals surface area contributed by atoms with Crippen molar-refractivity contribution >= 4 is 27.3 Å². The summed E-state index contributed by atoms with van der Waals surface area (Å²) in [6.07, 6.45) is 1.11. The van der Waals surface area contributed by atoms with Crippen molar-refractivity contribution in [2.45, 2.75) is 4.90 Å². The standard InChI is InChI=1S/C14H21N3O4S/c1-16(2)14(19)10-17(3)9-13(18)15-11-6-5-7-12(8-11)22(4,20)21/h5-8H,9-10H2,1-4H3,(H,15,18)/p+1. The number of nitrogens with zero attached hydrogens (tertiary/aromatic N) is 1. The van der Waals surface area contributed by atoms with E-state index in [0.29, 0.717) is 5.69 Å². The summed E-state index contributed by atoms with van der Waals surface area (Å²) in [7, 11) is 1.75. The minimum atomic E-state index is -3.32. The van der Waals surface area contributed by atoms with E-state index >= 15 is 0 Å². The lowest BCUT2D eigenvalue weighted by Crippen LogP contribution is -3.11. The van der Waals surface area contributed by atoms with Crippen LogP contribution in [0.5, 0.6) is 0 Å². The molecule has 1 aromatic rings. The monoisotopic (exact) mass is 328 g/mol. The Morgan fingerprint density at radius 3 is 2.41 bits per heavy atom. The van der Waals surface area contributed by atoms with Gasteiger partial charge in [0.15, 0.2) is 22.9 Å². The van der Waals surface area contributed by atoms with Crippen LogP contribution >= 0.6 is 0 Å². The summed E-state index contributed by atoms with van der Waals surface area (Å²) in [6, 6.07) is 6.07. The third kappa shape index (κ3) is 5.82. The highest BCUT2D eigenvalue weighted by Crippen LogP contribution is 2.14. The van der Waals surface area contributed by atoms with Crippen LogP contribution in [-0.2, 0) is 19.4 Å². The molecule has 0 saturated carbocycles. The number of carbonyl (C=O) groups is 2. The normalized spacial score (nSPS) is 12.5. The lowest BCUT2D eigenvalue weighted by Gasteiger charge is -2.16. The van der Waals surface area contributed by atoms with E-state index in [1.54, 1.807) is 33.3 Å². The predicted octanol–water partition coefficient (Wildman–Crippen LogP) is -1.37. The molecule has 0 aliphatic carbocycles. The van der Waals surface area contributed by atoms with E-state index in [4.69, 9.17) is 0 Å². The van der Waals surface area contributed by atoms with Gasteiger partial charge in [-0.3, -0.25) is 9.59 Å². The lowest BCUT2D eigenvalue weighted by molar-refractivity contribution is -0.862. The van der Waals surface area contributed by atoms with Gasteiger partial charge < -0.3 is 15.1 Å². The van der Waals surface area contributed by atoms with Crippen molar-refractivity contribution in [3.05, 3.63) is 24.3 Å². The van der Waals surface area contributed by atoms with Gasteiger partial charge in [-0.25, -0.2) is 8.42 Å². The minimum Gasteiger partial charge on any atom is -0.344 e. The number of amides is 2. The topological polar surface area (TPSA) is 88.0 Å². The Labute approximate surface area is 130 Å². The quantitative estimate of drug-likeness (QED) is 0.675. The summed E-state index contributed by atoms with van der Waals surface area (Å²) < 4.78 is 22.9. The molecule has 0 heterocycles. The number of hydrogen-bond acceptors (Lipinski definition) is 4. The number of carbonyl (C=O) groups excluding carboxylic acids is 2. The lowest BCUT2D eigenvalue weighted by atomic mass is 10.3. The van der Waals surface area contributed by atoms with Crippen LogP contribution in [0.1, 0.15) is 0 Å². The molecule has 8 heteroatoms. The van der Waals surface area contributed by atoms with Crippen LogP contribution in [-0.4, -0.2) is 65.6 Å². The van der Waals surface area contributed by atoms with Crippen molar-refractivity contribution in [1.29, 1.82) is 0 Å². The zero-order chi connectivity index (χ0) is 16.9. The number of likely N-dealkylation sites (N-methyl/N-ethyl adjacent to an activating group) is 2. The SMILES string of the molecule is CN(C)C(=O)C[NH+](C)CC(=O)Nc1cccc(S(C)(=O)=O)c1. The summed E-state index contributed by atoms with van der Waals surface area (Å²) >= 11 is 0. The van der Waals surface area contributed by atoms with Gasteiger partial charge in [-0.15, -0.1) is 0 Å². The maximum Gasteiger partial charge on any atom is 0.279 e. The Morgan fingerprint density at radius 1 is 1.23 bits per heavy atom. The van der Waals surface area contributed by atoms with Gasteiger partial charge >= 0.3 is 0 Å². The molecule has 1 atom stereocenters. The molecular formula is C14H22N3O4S+. The second-order valence-electron chi connectivity index (χ2n) is 5.45. The van der Waals surface area contributed by atoms with Crippen molar-refractivity contribution in [1.82, 2.24) is 4.90 Å². The fourth-order valence-corrected chi connectivity index (χ4v) is 2.43. The molecule has 1 aromatic carbocycles. The number of benzene rings is 1. The van der Waals surface area contributed by atoms with Crippen molar-refractivity contribution in [2.75, 3.05) is 45.8 Å². The van der Waals surface area contributed by atoms with E-state index in [1.165, 1.54) is 17.0 Å². The Balaban J connectivity index is 2.64. The molecule has 0 aromatic heterocycles. The second kappa shape index (κ2) is 7.37. The maximum absolute atomic E-state index is 11.9. The fraction of sp³-hybridized carbons (Fsp3) is 0.429. The number of quaternary nitrogens is 1. The largest absolute Gasteiger partial charge is 0.344 e. The van der Waals surface area contributed by atoms with Crippen LogP contribution in [0.15, 0.2) is 29.2 Å². The van der Waals surface area contributed by atoms with Crippen LogP contribution in [0.25, 0.3) is 0 Å². The Bertz CT molecular complexity index is 656. The summed E-state index contributed by atoms with van der Waals surface area (Å²) in [6.45, 7) is 0.326. The third-order valence-corrected chi connectivity index (χ3v) is 4.07. The fourth-order valence-electron chi connectivity index (χ4n) is 1.76. The molecule has 1 rings (SSSR count). The van der Waals surface area contributed by atoms with Crippen LogP contribution in [0.3, 0.4) is 0 Å². The number of nitrogens with one attached hydrogen (secondary N) is 2. The highest BCUT2D eigenvalue weighted by molar-refractivity contribution is 7.90. The highest BCUT2D eigenvalue weighted by Gasteiger charge is 2.16. The number of anilines is 1. The van der Waals surface area contributed by atoms with Gasteiger partial charge in [-0.1, -0.05) is 6.07 Å². The number of sulfone groups is 1. The van der Waals surface area contributed by atoms with Crippen molar-refractivity contribution in [3.63, 3.8) is 0 Å². The average molecular weight is 328 g/mol. The van der Waals surface area contributed by atoms with E-state index in [0.717, 1.165) is 11.2 Å². The van der Waals surface area contributed by atoms with Crippen LogP contribution in [0.2, 0.25) is 0 Å². The van der Waals surface area contributed by atoms with Crippen LogP contribution in [0, 0.1) is 0 Å². The molecule has 0 radical (unpaired) electrons. The molecule has 122 valence electrons. The molecule has 0 fully saturated rings. The molecule has 0 aliphatic rings. The average Bonchev–Trinajstić information content (AvgIpc) is 2.37. The molecule has 22 heavy (non-hydrogen) atoms. The molecule has 0 bridgehead atoms. The summed E-state index contributed by atoms with van der Waals surface area (Å²) in [5.74, 6) is -0.348. The first-order valence-electron chi connectivity index (χ1n) is 6.71. The molecule has 2 amide bonds. The minimum absolute atomic E-state index is 0.0654. The van der Waals surface area contributed by atoms with Gasteiger partial charge in [0.05, 0.1) is 11.9 Å². The highest BCUT2D eigenvalue weighted by atomic mass is 32.2. The van der Waals surface area contributed by atoms with E-state index in [-0.39, 0.29) is 29.8 Å². The van der Waals surface area contributed by atoms with Gasteiger partial charge in [-0.2, -0.15) is 0 Å². The Morgan fingerprint density at radius 2 is 1.86 bits per heavy atom. The summed E-state index contributed by atoms with van der Waals surface area (Å²) in [5.41, 5.74) is 0.416. The molecule has 7 nitrogen and oxygen atoms in total. The van der Waals surface area contributed by atoms with Gasteiger partial charge in [0.25, 0.3) is 11.8 Å². The number of hydrogen-bond donors (Lipinski definition) is 2. The smallest absolute Gasteiger partial charge is 0.279 e. The first kappa shape index (κ1) is 18.1. The number of rotatable bonds is 6. The van der Waals surface area contributed by atoms with Gasteiger partial charge in [-0.05, 0) is 18.2 Å². The van der Waals surface area contributed by atoms with E-state index in [9.17, 15) is 18.0 Å². The Kier molecular flexibility index (Phi) is 6.07. The first-order valence-corrected chi connectivity index (χ1v) is 8.60. The zero-order valence-electron chi connectivity index (χ0n) is 13.2. The van der Waals surface area contributed by atoms with E-state index in [2.05, 4.69) is 5.32 Å². The summed E-state index contributed by atoms with van der Waals surface area (Å²) in [4.78, 5) is 25.8. The predicted molar refractivity (Wildman–Crippen MR) is 83.5 cm³/mol. The molecule has 0 spiro atoms.